The molecule has 10 atom stereocenters. The topological polar surface area (TPSA) is 109 Å². The highest BCUT2D eigenvalue weighted by Gasteiger charge is 2.36. The molecule has 34 heavy (non-hydrogen) atoms. The molecule has 0 saturated carbocycles. The van der Waals surface area contributed by atoms with Crippen molar-refractivity contribution < 1.29 is 34.3 Å². The van der Waals surface area contributed by atoms with E-state index in [0.29, 0.717) is 31.7 Å². The molecule has 8 nitrogen and oxygen atoms in total. The molecule has 0 aromatic rings. The van der Waals surface area contributed by atoms with Crippen LogP contribution in [0.25, 0.3) is 0 Å². The fraction of sp³-hybridized carbons (Fsp3) is 0.962. The van der Waals surface area contributed by atoms with E-state index in [1.54, 1.807) is 6.92 Å². The summed E-state index contributed by atoms with van der Waals surface area (Å²) < 4.78 is 17.1. The number of aliphatic hydroxyl groups excluding tert-OH is 2. The third-order valence-electron chi connectivity index (χ3n) is 7.13. The second kappa shape index (κ2) is 14.8. The zero-order valence-corrected chi connectivity index (χ0v) is 22.6. The van der Waals surface area contributed by atoms with Crippen molar-refractivity contribution in [1.29, 1.82) is 0 Å². The molecular weight excluding hydrogens is 438 g/mol. The Morgan fingerprint density at radius 3 is 2.38 bits per heavy atom. The molecule has 202 valence electrons. The average molecular weight is 490 g/mol. The normalized spacial score (nSPS) is 28.5. The average Bonchev–Trinajstić information content (AvgIpc) is 2.73. The number of nitrogens with zero attached hydrogens (tertiary/aromatic N) is 1. The number of ether oxygens (including phenoxy) is 3. The number of likely N-dealkylation sites (N-methyl/N-ethyl adjacent to an activating group) is 1. The van der Waals surface area contributed by atoms with Crippen molar-refractivity contribution in [2.24, 2.45) is 17.8 Å². The second-order valence-corrected chi connectivity index (χ2v) is 11.1. The van der Waals surface area contributed by atoms with Gasteiger partial charge in [-0.2, -0.15) is 0 Å². The first kappa shape index (κ1) is 31.4. The molecule has 0 amide bonds. The second-order valence-electron chi connectivity index (χ2n) is 11.1. The quantitative estimate of drug-likeness (QED) is 0.284. The number of hydrogen-bond acceptors (Lipinski definition) is 8. The fourth-order valence-corrected chi connectivity index (χ4v) is 5.00. The Morgan fingerprint density at radius 1 is 1.18 bits per heavy atom. The van der Waals surface area contributed by atoms with Crippen molar-refractivity contribution in [2.45, 2.75) is 116 Å². The fourth-order valence-electron chi connectivity index (χ4n) is 5.00. The van der Waals surface area contributed by atoms with Crippen LogP contribution < -0.4 is 0 Å². The maximum Gasteiger partial charge on any atom is 0.158 e. The van der Waals surface area contributed by atoms with Gasteiger partial charge in [-0.15, -0.1) is 0 Å². The van der Waals surface area contributed by atoms with Gasteiger partial charge in [-0.1, -0.05) is 20.8 Å². The van der Waals surface area contributed by atoms with E-state index in [1.807, 2.05) is 32.7 Å². The van der Waals surface area contributed by atoms with E-state index in [2.05, 4.69) is 13.8 Å². The zero-order chi connectivity index (χ0) is 26.1. The highest BCUT2D eigenvalue weighted by molar-refractivity contribution is 5.53. The molecule has 0 spiro atoms. The minimum atomic E-state index is -1.34. The SMILES string of the molecule is COCC(C)(O)C(O)C(C)N(C)C[C@H](C)CC(O)CC[C@H](O[C@H]1CC(C)CC(C)O1)C(C)C=O. The molecule has 1 heterocycles. The first-order chi connectivity index (χ1) is 15.8. The molecular formula is C26H51NO7. The number of hydrogen-bond donors (Lipinski definition) is 3. The summed E-state index contributed by atoms with van der Waals surface area (Å²) >= 11 is 0. The third-order valence-corrected chi connectivity index (χ3v) is 7.13. The molecule has 8 heteroatoms. The summed E-state index contributed by atoms with van der Waals surface area (Å²) in [6.07, 6.45) is 2.52. The summed E-state index contributed by atoms with van der Waals surface area (Å²) in [6.45, 7) is 12.3. The van der Waals surface area contributed by atoms with Crippen molar-refractivity contribution in [3.8, 4) is 0 Å². The molecule has 1 aliphatic heterocycles. The van der Waals surface area contributed by atoms with Gasteiger partial charge in [0.25, 0.3) is 0 Å². The summed E-state index contributed by atoms with van der Waals surface area (Å²) in [5, 5.41) is 31.7. The lowest BCUT2D eigenvalue weighted by Crippen LogP contribution is -2.54. The van der Waals surface area contributed by atoms with Gasteiger partial charge in [0, 0.05) is 32.0 Å². The van der Waals surface area contributed by atoms with Gasteiger partial charge in [0.05, 0.1) is 31.0 Å². The van der Waals surface area contributed by atoms with Crippen LogP contribution in [-0.2, 0) is 19.0 Å². The third kappa shape index (κ3) is 10.6. The van der Waals surface area contributed by atoms with Crippen LogP contribution in [0.2, 0.25) is 0 Å². The number of aldehydes is 1. The van der Waals surface area contributed by atoms with Gasteiger partial charge in [0.15, 0.2) is 6.29 Å². The van der Waals surface area contributed by atoms with Gasteiger partial charge in [-0.3, -0.25) is 0 Å². The van der Waals surface area contributed by atoms with Crippen molar-refractivity contribution >= 4 is 6.29 Å². The molecule has 1 aliphatic rings. The van der Waals surface area contributed by atoms with E-state index < -0.39 is 17.8 Å². The highest BCUT2D eigenvalue weighted by atomic mass is 16.7. The lowest BCUT2D eigenvalue weighted by molar-refractivity contribution is -0.227. The summed E-state index contributed by atoms with van der Waals surface area (Å²) in [7, 11) is 3.40. The van der Waals surface area contributed by atoms with Crippen LogP contribution in [0.15, 0.2) is 0 Å². The minimum Gasteiger partial charge on any atom is -0.393 e. The lowest BCUT2D eigenvalue weighted by Gasteiger charge is -2.38. The van der Waals surface area contributed by atoms with E-state index in [1.165, 1.54) is 7.11 Å². The van der Waals surface area contributed by atoms with Gasteiger partial charge in [0.1, 0.15) is 11.9 Å². The molecule has 1 rings (SSSR count). The summed E-state index contributed by atoms with van der Waals surface area (Å²) in [6, 6.07) is -0.281. The molecule has 1 saturated heterocycles. The monoisotopic (exact) mass is 489 g/mol. The van der Waals surface area contributed by atoms with Crippen molar-refractivity contribution in [1.82, 2.24) is 4.90 Å². The number of carbonyl (C=O) groups is 1. The summed E-state index contributed by atoms with van der Waals surface area (Å²) in [5.74, 6) is 0.422. The summed E-state index contributed by atoms with van der Waals surface area (Å²) in [4.78, 5) is 13.5. The first-order valence-electron chi connectivity index (χ1n) is 12.8. The lowest BCUT2D eigenvalue weighted by atomic mass is 9.92. The Labute approximate surface area is 207 Å². The maximum absolute atomic E-state index is 11.5. The molecule has 0 aliphatic carbocycles. The van der Waals surface area contributed by atoms with E-state index in [9.17, 15) is 20.1 Å². The Bertz CT molecular complexity index is 565. The predicted molar refractivity (Wildman–Crippen MR) is 132 cm³/mol. The molecule has 0 radical (unpaired) electrons. The first-order valence-corrected chi connectivity index (χ1v) is 12.8. The smallest absolute Gasteiger partial charge is 0.158 e. The standard InChI is InChI=1S/C26H51NO7/c1-17-11-20(4)33-24(13-17)34-23(19(3)15-28)10-9-22(29)12-18(2)14-27(7)21(5)25(30)26(6,31)16-32-8/h15,17-25,29-31H,9-14,16H2,1-8H3/t17?,18-,19?,20?,21?,22?,23+,24+,25?,26?/m1/s1. The molecule has 0 aromatic heterocycles. The van der Waals surface area contributed by atoms with Crippen molar-refractivity contribution in [3.63, 3.8) is 0 Å². The van der Waals surface area contributed by atoms with Crippen LogP contribution in [-0.4, -0.2) is 96.2 Å². The van der Waals surface area contributed by atoms with Gasteiger partial charge in [0.2, 0.25) is 0 Å². The minimum absolute atomic E-state index is 0.0484. The van der Waals surface area contributed by atoms with Gasteiger partial charge in [-0.05, 0) is 65.3 Å². The van der Waals surface area contributed by atoms with E-state index in [-0.39, 0.29) is 43.0 Å². The summed E-state index contributed by atoms with van der Waals surface area (Å²) in [5.41, 5.74) is -1.34. The molecule has 3 N–H and O–H groups in total. The molecule has 0 aromatic carbocycles. The van der Waals surface area contributed by atoms with Crippen LogP contribution in [0.5, 0.6) is 0 Å². The van der Waals surface area contributed by atoms with Crippen LogP contribution in [0.4, 0.5) is 0 Å². The maximum atomic E-state index is 11.5. The van der Waals surface area contributed by atoms with E-state index in [4.69, 9.17) is 14.2 Å². The number of aliphatic hydroxyl groups is 3. The largest absolute Gasteiger partial charge is 0.393 e. The number of methoxy groups -OCH3 is 1. The van der Waals surface area contributed by atoms with Crippen LogP contribution >= 0.6 is 0 Å². The Balaban J connectivity index is 2.54. The number of carbonyl (C=O) groups excluding carboxylic acids is 1. The van der Waals surface area contributed by atoms with Crippen LogP contribution in [0.1, 0.15) is 73.6 Å². The molecule has 1 fully saturated rings. The Hall–Kier alpha value is -0.610. The van der Waals surface area contributed by atoms with E-state index >= 15 is 0 Å². The van der Waals surface area contributed by atoms with Crippen molar-refractivity contribution in [2.75, 3.05) is 27.3 Å². The van der Waals surface area contributed by atoms with Crippen molar-refractivity contribution in [3.05, 3.63) is 0 Å². The Kier molecular flexibility index (Phi) is 13.7. The van der Waals surface area contributed by atoms with Gasteiger partial charge in [-0.25, -0.2) is 0 Å². The van der Waals surface area contributed by atoms with Crippen LogP contribution in [0, 0.1) is 17.8 Å². The van der Waals surface area contributed by atoms with Crippen LogP contribution in [0.3, 0.4) is 0 Å². The van der Waals surface area contributed by atoms with Gasteiger partial charge >= 0.3 is 0 Å². The van der Waals surface area contributed by atoms with E-state index in [0.717, 1.165) is 19.1 Å². The zero-order valence-electron chi connectivity index (χ0n) is 22.6. The molecule has 7 unspecified atom stereocenters. The molecule has 0 bridgehead atoms. The van der Waals surface area contributed by atoms with Gasteiger partial charge < -0.3 is 39.2 Å². The highest BCUT2D eigenvalue weighted by Crippen LogP contribution is 2.28. The number of rotatable bonds is 16. The Morgan fingerprint density at radius 2 is 1.82 bits per heavy atom. The predicted octanol–water partition coefficient (Wildman–Crippen LogP) is 2.61.